The number of nitrogens with zero attached hydrogens (tertiary/aromatic N) is 2. The molecule has 1 atom stereocenters. The Morgan fingerprint density at radius 1 is 1.11 bits per heavy atom. The lowest BCUT2D eigenvalue weighted by Gasteiger charge is -2.26. The first-order valence-corrected chi connectivity index (χ1v) is 11.4. The standard InChI is InChI=1S/C25H29F3N4O3/c1-31(16-18-7-3-2-4-8-18)24(35)29-13-12-22(33)30-21(17-32-14-6-11-23(32)34)19-9-5-10-20(15-19)25(26,27)28/h2-5,7-10,15,21H,6,11-14,16-17H2,1H3,(H,29,35)(H,30,33). The summed E-state index contributed by atoms with van der Waals surface area (Å²) in [6.07, 6.45) is -3.53. The highest BCUT2D eigenvalue weighted by atomic mass is 19.4. The summed E-state index contributed by atoms with van der Waals surface area (Å²) in [7, 11) is 1.64. The Morgan fingerprint density at radius 3 is 2.51 bits per heavy atom. The van der Waals surface area contributed by atoms with Gasteiger partial charge in [-0.15, -0.1) is 0 Å². The van der Waals surface area contributed by atoms with E-state index in [1.807, 2.05) is 30.3 Å². The van der Waals surface area contributed by atoms with Crippen molar-refractivity contribution in [2.24, 2.45) is 0 Å². The Balaban J connectivity index is 1.58. The zero-order valence-electron chi connectivity index (χ0n) is 19.5. The third-order valence-electron chi connectivity index (χ3n) is 5.76. The number of carbonyl (C=O) groups is 3. The van der Waals surface area contributed by atoms with Gasteiger partial charge in [-0.05, 0) is 29.7 Å². The fourth-order valence-corrected chi connectivity index (χ4v) is 3.90. The Morgan fingerprint density at radius 2 is 1.86 bits per heavy atom. The van der Waals surface area contributed by atoms with Gasteiger partial charge in [0.15, 0.2) is 0 Å². The van der Waals surface area contributed by atoms with Crippen LogP contribution in [0.1, 0.15) is 42.0 Å². The van der Waals surface area contributed by atoms with E-state index in [0.29, 0.717) is 25.9 Å². The van der Waals surface area contributed by atoms with Gasteiger partial charge in [-0.1, -0.05) is 42.5 Å². The van der Waals surface area contributed by atoms with Gasteiger partial charge < -0.3 is 20.4 Å². The molecule has 35 heavy (non-hydrogen) atoms. The van der Waals surface area contributed by atoms with Crippen molar-refractivity contribution in [1.82, 2.24) is 20.4 Å². The average Bonchev–Trinajstić information content (AvgIpc) is 3.23. The minimum Gasteiger partial charge on any atom is -0.347 e. The molecule has 0 aromatic heterocycles. The van der Waals surface area contributed by atoms with Crippen molar-refractivity contribution in [3.05, 3.63) is 71.3 Å². The van der Waals surface area contributed by atoms with Crippen molar-refractivity contribution in [1.29, 1.82) is 0 Å². The largest absolute Gasteiger partial charge is 0.416 e. The first kappa shape index (κ1) is 26.1. The molecule has 7 nitrogen and oxygen atoms in total. The van der Waals surface area contributed by atoms with E-state index >= 15 is 0 Å². The number of halogens is 3. The van der Waals surface area contributed by atoms with Gasteiger partial charge >= 0.3 is 12.2 Å². The number of nitrogens with one attached hydrogen (secondary N) is 2. The van der Waals surface area contributed by atoms with Crippen LogP contribution < -0.4 is 10.6 Å². The summed E-state index contributed by atoms with van der Waals surface area (Å²) < 4.78 is 39.6. The molecule has 3 rings (SSSR count). The molecule has 0 bridgehead atoms. The molecule has 188 valence electrons. The van der Waals surface area contributed by atoms with Crippen molar-refractivity contribution in [3.63, 3.8) is 0 Å². The van der Waals surface area contributed by atoms with E-state index in [2.05, 4.69) is 10.6 Å². The van der Waals surface area contributed by atoms with Crippen molar-refractivity contribution in [2.45, 2.75) is 38.0 Å². The zero-order chi connectivity index (χ0) is 25.4. The number of rotatable bonds is 9. The summed E-state index contributed by atoms with van der Waals surface area (Å²) in [5.41, 5.74) is 0.401. The zero-order valence-corrected chi connectivity index (χ0v) is 19.5. The number of alkyl halides is 3. The molecule has 10 heteroatoms. The fourth-order valence-electron chi connectivity index (χ4n) is 3.90. The Hall–Kier alpha value is -3.56. The predicted molar refractivity (Wildman–Crippen MR) is 124 cm³/mol. The first-order chi connectivity index (χ1) is 16.6. The van der Waals surface area contributed by atoms with Crippen LogP contribution in [0.2, 0.25) is 0 Å². The molecule has 1 saturated heterocycles. The molecule has 1 heterocycles. The maximum absolute atomic E-state index is 13.2. The van der Waals surface area contributed by atoms with E-state index in [1.165, 1.54) is 17.0 Å². The number of urea groups is 1. The van der Waals surface area contributed by atoms with Crippen molar-refractivity contribution in [3.8, 4) is 0 Å². The van der Waals surface area contributed by atoms with E-state index < -0.39 is 23.7 Å². The summed E-state index contributed by atoms with van der Waals surface area (Å²) in [5.74, 6) is -0.532. The molecule has 0 spiro atoms. The molecule has 2 aromatic carbocycles. The van der Waals surface area contributed by atoms with E-state index in [0.717, 1.165) is 17.7 Å². The summed E-state index contributed by atoms with van der Waals surface area (Å²) in [5, 5.41) is 5.41. The first-order valence-electron chi connectivity index (χ1n) is 11.4. The summed E-state index contributed by atoms with van der Waals surface area (Å²) in [4.78, 5) is 40.0. The highest BCUT2D eigenvalue weighted by Crippen LogP contribution is 2.31. The highest BCUT2D eigenvalue weighted by molar-refractivity contribution is 5.79. The van der Waals surface area contributed by atoms with Crippen LogP contribution in [-0.2, 0) is 22.3 Å². The van der Waals surface area contributed by atoms with Crippen LogP contribution in [-0.4, -0.2) is 54.3 Å². The summed E-state index contributed by atoms with van der Waals surface area (Å²) >= 11 is 0. The number of carbonyl (C=O) groups excluding carboxylic acids is 3. The molecular weight excluding hydrogens is 461 g/mol. The van der Waals surface area contributed by atoms with Crippen LogP contribution in [0.3, 0.4) is 0 Å². The summed E-state index contributed by atoms with van der Waals surface area (Å²) in [6, 6.07) is 13.0. The van der Waals surface area contributed by atoms with Crippen molar-refractivity contribution < 1.29 is 27.6 Å². The minimum absolute atomic E-state index is 0.0573. The third kappa shape index (κ3) is 7.73. The van der Waals surface area contributed by atoms with Gasteiger partial charge in [0, 0.05) is 46.1 Å². The topological polar surface area (TPSA) is 81.8 Å². The normalized spacial score (nSPS) is 14.5. The Bertz CT molecular complexity index is 1030. The maximum Gasteiger partial charge on any atom is 0.416 e. The molecule has 1 fully saturated rings. The van der Waals surface area contributed by atoms with Crippen LogP contribution in [0.5, 0.6) is 0 Å². The number of hydrogen-bond acceptors (Lipinski definition) is 3. The van der Waals surface area contributed by atoms with Crippen LogP contribution >= 0.6 is 0 Å². The second kappa shape index (κ2) is 11.7. The second-order valence-corrected chi connectivity index (χ2v) is 8.51. The molecule has 0 aliphatic carbocycles. The molecule has 1 unspecified atom stereocenters. The number of benzene rings is 2. The smallest absolute Gasteiger partial charge is 0.347 e. The van der Waals surface area contributed by atoms with Crippen LogP contribution in [0, 0.1) is 0 Å². The van der Waals surface area contributed by atoms with E-state index in [4.69, 9.17) is 0 Å². The van der Waals surface area contributed by atoms with Gasteiger partial charge in [0.1, 0.15) is 0 Å². The second-order valence-electron chi connectivity index (χ2n) is 8.51. The van der Waals surface area contributed by atoms with Gasteiger partial charge in [-0.3, -0.25) is 9.59 Å². The quantitative estimate of drug-likeness (QED) is 0.562. The lowest BCUT2D eigenvalue weighted by atomic mass is 10.0. The monoisotopic (exact) mass is 490 g/mol. The Labute approximate surface area is 202 Å². The molecule has 4 amide bonds. The number of likely N-dealkylation sites (tertiary alicyclic amines) is 1. The number of hydrogen-bond donors (Lipinski definition) is 2. The fraction of sp³-hybridized carbons (Fsp3) is 0.400. The summed E-state index contributed by atoms with van der Waals surface area (Å²) in [6.45, 7) is 1.04. The van der Waals surface area contributed by atoms with E-state index in [1.54, 1.807) is 11.9 Å². The lowest BCUT2D eigenvalue weighted by Crippen LogP contribution is -2.41. The van der Waals surface area contributed by atoms with Crippen molar-refractivity contribution >= 4 is 17.8 Å². The average molecular weight is 491 g/mol. The highest BCUT2D eigenvalue weighted by Gasteiger charge is 2.32. The van der Waals surface area contributed by atoms with Gasteiger partial charge in [0.25, 0.3) is 0 Å². The van der Waals surface area contributed by atoms with Crippen LogP contribution in [0.25, 0.3) is 0 Å². The van der Waals surface area contributed by atoms with Gasteiger partial charge in [0.2, 0.25) is 11.8 Å². The molecule has 2 N–H and O–H groups in total. The van der Waals surface area contributed by atoms with Gasteiger partial charge in [0.05, 0.1) is 11.6 Å². The van der Waals surface area contributed by atoms with E-state index in [9.17, 15) is 27.6 Å². The van der Waals surface area contributed by atoms with Gasteiger partial charge in [-0.25, -0.2) is 4.79 Å². The number of amides is 4. The molecule has 2 aromatic rings. The molecular formula is C25H29F3N4O3. The molecule has 1 aliphatic heterocycles. The molecule has 0 saturated carbocycles. The van der Waals surface area contributed by atoms with Crippen molar-refractivity contribution in [2.75, 3.05) is 26.7 Å². The molecule has 0 radical (unpaired) electrons. The molecule has 1 aliphatic rings. The minimum atomic E-state index is -4.52. The van der Waals surface area contributed by atoms with E-state index in [-0.39, 0.29) is 37.0 Å². The maximum atomic E-state index is 13.2. The Kier molecular flexibility index (Phi) is 8.73. The predicted octanol–water partition coefficient (Wildman–Crippen LogP) is 3.72. The SMILES string of the molecule is CN(Cc1ccccc1)C(=O)NCCC(=O)NC(CN1CCCC1=O)c1cccc(C(F)(F)F)c1. The van der Waals surface area contributed by atoms with Gasteiger partial charge in [-0.2, -0.15) is 13.2 Å². The van der Waals surface area contributed by atoms with Crippen LogP contribution in [0.4, 0.5) is 18.0 Å². The third-order valence-corrected chi connectivity index (χ3v) is 5.76. The van der Waals surface area contributed by atoms with Crippen LogP contribution in [0.15, 0.2) is 54.6 Å². The lowest BCUT2D eigenvalue weighted by molar-refractivity contribution is -0.137.